The van der Waals surface area contributed by atoms with Crippen molar-refractivity contribution in [2.75, 3.05) is 0 Å². The van der Waals surface area contributed by atoms with Crippen LogP contribution in [0.1, 0.15) is 36.0 Å². The van der Waals surface area contributed by atoms with E-state index in [0.717, 1.165) is 17.4 Å². The molecule has 0 saturated heterocycles. The molecule has 1 aromatic carbocycles. The summed E-state index contributed by atoms with van der Waals surface area (Å²) in [6, 6.07) is 7.10. The lowest BCUT2D eigenvalue weighted by atomic mass is 10.1. The van der Waals surface area contributed by atoms with E-state index in [1.807, 2.05) is 0 Å². The molecule has 0 atom stereocenters. The summed E-state index contributed by atoms with van der Waals surface area (Å²) in [5.41, 5.74) is 0.172. The lowest BCUT2D eigenvalue weighted by molar-refractivity contribution is -0.0584. The molecule has 124 valence electrons. The van der Waals surface area contributed by atoms with Gasteiger partial charge in [0.25, 0.3) is 11.8 Å². The van der Waals surface area contributed by atoms with E-state index in [1.54, 1.807) is 12.1 Å². The lowest BCUT2D eigenvalue weighted by Crippen LogP contribution is -2.32. The number of carbonyl (C=O) groups is 3. The predicted octanol–water partition coefficient (Wildman–Crippen LogP) is 1.07. The number of carbonyl (C=O) groups excluding carboxylic acids is 3. The van der Waals surface area contributed by atoms with Gasteiger partial charge in [-0.05, 0) is 25.1 Å². The zero-order valence-corrected chi connectivity index (χ0v) is 13.8. The quantitative estimate of drug-likeness (QED) is 0.811. The minimum Gasteiger partial charge on any atom is -0.324 e. The second-order valence-electron chi connectivity index (χ2n) is 4.91. The SMILES string of the molecule is Cc1sc(S(N)(=O)=O)cc1C(=O)ON1C(=O)c2ccccc2C1=O. The van der Waals surface area contributed by atoms with Gasteiger partial charge in [0.2, 0.25) is 10.0 Å². The van der Waals surface area contributed by atoms with Crippen molar-refractivity contribution in [3.05, 3.63) is 51.9 Å². The number of fused-ring (bicyclic) bond motifs is 1. The number of thiophene rings is 1. The first kappa shape index (κ1) is 16.3. The molecule has 24 heavy (non-hydrogen) atoms. The molecule has 1 aliphatic rings. The van der Waals surface area contributed by atoms with Gasteiger partial charge in [0, 0.05) is 4.88 Å². The number of sulfonamides is 1. The number of aryl methyl sites for hydroxylation is 1. The molecule has 0 spiro atoms. The average molecular weight is 366 g/mol. The summed E-state index contributed by atoms with van der Waals surface area (Å²) in [6.07, 6.45) is 0. The monoisotopic (exact) mass is 366 g/mol. The summed E-state index contributed by atoms with van der Waals surface area (Å²) < 4.78 is 22.5. The Kier molecular flexibility index (Phi) is 3.74. The van der Waals surface area contributed by atoms with Gasteiger partial charge in [-0.1, -0.05) is 17.2 Å². The van der Waals surface area contributed by atoms with Crippen LogP contribution in [-0.2, 0) is 14.9 Å². The van der Waals surface area contributed by atoms with Gasteiger partial charge in [0.15, 0.2) is 0 Å². The van der Waals surface area contributed by atoms with Crippen molar-refractivity contribution in [1.29, 1.82) is 0 Å². The average Bonchev–Trinajstić information content (AvgIpc) is 3.02. The van der Waals surface area contributed by atoms with Crippen LogP contribution in [0.3, 0.4) is 0 Å². The van der Waals surface area contributed by atoms with Crippen LogP contribution in [0.15, 0.2) is 34.5 Å². The Morgan fingerprint density at radius 2 is 1.71 bits per heavy atom. The highest BCUT2D eigenvalue weighted by Gasteiger charge is 2.39. The summed E-state index contributed by atoms with van der Waals surface area (Å²) in [5.74, 6) is -2.54. The number of nitrogens with zero attached hydrogens (tertiary/aromatic N) is 1. The fourth-order valence-corrected chi connectivity index (χ4v) is 4.03. The summed E-state index contributed by atoms with van der Waals surface area (Å²) in [4.78, 5) is 41.7. The molecule has 0 radical (unpaired) electrons. The molecule has 1 aromatic heterocycles. The Bertz CT molecular complexity index is 957. The Labute approximate surface area is 140 Å². The highest BCUT2D eigenvalue weighted by atomic mass is 32.2. The number of hydrogen-bond acceptors (Lipinski definition) is 7. The molecule has 0 unspecified atom stereocenters. The molecule has 3 rings (SSSR count). The van der Waals surface area contributed by atoms with E-state index in [2.05, 4.69) is 0 Å². The normalized spacial score (nSPS) is 14.0. The molecule has 1 aliphatic heterocycles. The third-order valence-corrected chi connectivity index (χ3v) is 5.80. The summed E-state index contributed by atoms with van der Waals surface area (Å²) >= 11 is 0.794. The van der Waals surface area contributed by atoms with Gasteiger partial charge in [0.05, 0.1) is 16.7 Å². The van der Waals surface area contributed by atoms with E-state index in [1.165, 1.54) is 19.1 Å². The highest BCUT2D eigenvalue weighted by Crippen LogP contribution is 2.27. The molecule has 2 aromatic rings. The number of nitrogens with two attached hydrogens (primary N) is 1. The van der Waals surface area contributed by atoms with Gasteiger partial charge in [-0.2, -0.15) is 0 Å². The van der Waals surface area contributed by atoms with Crippen LogP contribution < -0.4 is 5.14 Å². The molecular formula is C14H10N2O6S2. The zero-order chi connectivity index (χ0) is 17.6. The molecule has 2 heterocycles. The Balaban J connectivity index is 1.88. The number of amides is 2. The van der Waals surface area contributed by atoms with E-state index in [9.17, 15) is 22.8 Å². The number of hydrogen-bond donors (Lipinski definition) is 1. The van der Waals surface area contributed by atoms with E-state index >= 15 is 0 Å². The van der Waals surface area contributed by atoms with E-state index in [0.29, 0.717) is 9.94 Å². The number of benzene rings is 1. The van der Waals surface area contributed by atoms with Crippen LogP contribution >= 0.6 is 11.3 Å². The zero-order valence-electron chi connectivity index (χ0n) is 12.2. The molecule has 0 bridgehead atoms. The first-order valence-electron chi connectivity index (χ1n) is 6.53. The van der Waals surface area contributed by atoms with Crippen LogP contribution in [0.5, 0.6) is 0 Å². The second-order valence-corrected chi connectivity index (χ2v) is 7.95. The third-order valence-electron chi connectivity index (χ3n) is 3.33. The number of primary sulfonamides is 1. The van der Waals surface area contributed by atoms with Crippen molar-refractivity contribution < 1.29 is 27.6 Å². The molecule has 10 heteroatoms. The van der Waals surface area contributed by atoms with Gasteiger partial charge in [0.1, 0.15) is 4.21 Å². The number of imide groups is 1. The van der Waals surface area contributed by atoms with E-state index in [-0.39, 0.29) is 20.9 Å². The Morgan fingerprint density at radius 1 is 1.17 bits per heavy atom. The molecular weight excluding hydrogens is 356 g/mol. The van der Waals surface area contributed by atoms with Crippen LogP contribution in [0, 0.1) is 6.92 Å². The molecule has 0 saturated carbocycles. The van der Waals surface area contributed by atoms with Gasteiger partial charge < -0.3 is 4.84 Å². The number of hydroxylamine groups is 2. The Hall–Kier alpha value is -2.56. The first-order chi connectivity index (χ1) is 11.2. The number of rotatable bonds is 3. The smallest absolute Gasteiger partial charge is 0.324 e. The van der Waals surface area contributed by atoms with Crippen molar-refractivity contribution in [2.45, 2.75) is 11.1 Å². The van der Waals surface area contributed by atoms with E-state index < -0.39 is 27.8 Å². The molecule has 2 N–H and O–H groups in total. The topological polar surface area (TPSA) is 124 Å². The van der Waals surface area contributed by atoms with E-state index in [4.69, 9.17) is 9.98 Å². The first-order valence-corrected chi connectivity index (χ1v) is 8.90. The maximum Gasteiger partial charge on any atom is 0.365 e. The summed E-state index contributed by atoms with van der Waals surface area (Å²) in [5, 5.41) is 5.38. The van der Waals surface area contributed by atoms with Crippen LogP contribution in [0.25, 0.3) is 0 Å². The summed E-state index contributed by atoms with van der Waals surface area (Å²) in [6.45, 7) is 1.50. The minimum atomic E-state index is -3.97. The lowest BCUT2D eigenvalue weighted by Gasteiger charge is -2.12. The fourth-order valence-electron chi connectivity index (χ4n) is 2.18. The van der Waals surface area contributed by atoms with Crippen molar-refractivity contribution in [3.8, 4) is 0 Å². The fraction of sp³-hybridized carbons (Fsp3) is 0.0714. The van der Waals surface area contributed by atoms with Crippen LogP contribution in [0.4, 0.5) is 0 Å². The third kappa shape index (κ3) is 2.60. The minimum absolute atomic E-state index is 0.0828. The maximum atomic E-state index is 12.2. The molecule has 0 fully saturated rings. The highest BCUT2D eigenvalue weighted by molar-refractivity contribution is 7.91. The molecule has 8 nitrogen and oxygen atoms in total. The van der Waals surface area contributed by atoms with Gasteiger partial charge >= 0.3 is 5.97 Å². The molecule has 0 aliphatic carbocycles. The summed E-state index contributed by atoms with van der Waals surface area (Å²) in [7, 11) is -3.97. The van der Waals surface area contributed by atoms with Gasteiger partial charge in [-0.3, -0.25) is 9.59 Å². The van der Waals surface area contributed by atoms with Crippen LogP contribution in [0.2, 0.25) is 0 Å². The van der Waals surface area contributed by atoms with Crippen LogP contribution in [-0.4, -0.2) is 31.3 Å². The maximum absolute atomic E-state index is 12.2. The van der Waals surface area contributed by atoms with Gasteiger partial charge in [-0.15, -0.1) is 11.3 Å². The van der Waals surface area contributed by atoms with Crippen molar-refractivity contribution >= 4 is 39.1 Å². The largest absolute Gasteiger partial charge is 0.365 e. The van der Waals surface area contributed by atoms with Gasteiger partial charge in [-0.25, -0.2) is 18.4 Å². The van der Waals surface area contributed by atoms with Crippen molar-refractivity contribution in [1.82, 2.24) is 5.06 Å². The second kappa shape index (κ2) is 5.51. The van der Waals surface area contributed by atoms with Crippen molar-refractivity contribution in [3.63, 3.8) is 0 Å². The van der Waals surface area contributed by atoms with Crippen molar-refractivity contribution in [2.24, 2.45) is 5.14 Å². The Morgan fingerprint density at radius 3 is 2.17 bits per heavy atom. The standard InChI is InChI=1S/C14H10N2O6S2/c1-7-10(6-11(23-7)24(15,20)21)14(19)22-16-12(17)8-4-2-3-5-9(8)13(16)18/h2-6H,1H3,(H2,15,20,21). The predicted molar refractivity (Wildman–Crippen MR) is 82.8 cm³/mol. The molecule has 2 amide bonds.